The maximum atomic E-state index is 5.12. The second-order valence-corrected chi connectivity index (χ2v) is 3.14. The number of hydrogen-bond acceptors (Lipinski definition) is 1. The first-order chi connectivity index (χ1) is 4.69. The normalized spacial score (nSPS) is 30.8. The largest absolute Gasteiger partial charge is 0.302 e. The second kappa shape index (κ2) is 2.68. The highest BCUT2D eigenvalue weighted by Gasteiger charge is 2.27. The first-order valence-electron chi connectivity index (χ1n) is 3.53. The van der Waals surface area contributed by atoms with Crippen molar-refractivity contribution in [2.75, 3.05) is 13.6 Å². The summed E-state index contributed by atoms with van der Waals surface area (Å²) in [5, 5.41) is 3.92. The highest BCUT2D eigenvalue weighted by Crippen LogP contribution is 2.10. The van der Waals surface area contributed by atoms with Gasteiger partial charge in [-0.3, -0.25) is 0 Å². The Balaban J connectivity index is 2.66. The molecule has 0 saturated carbocycles. The van der Waals surface area contributed by atoms with Gasteiger partial charge in [0.2, 0.25) is 0 Å². The zero-order chi connectivity index (χ0) is 7.61. The number of thiocarbonyl (C=S) groups is 1. The molecule has 1 N–H and O–H groups in total. The molecule has 0 aromatic rings. The van der Waals surface area contributed by atoms with E-state index in [1.54, 1.807) is 0 Å². The fraction of sp³-hybridized carbons (Fsp3) is 0.571. The third kappa shape index (κ3) is 1.20. The van der Waals surface area contributed by atoms with Gasteiger partial charge in [-0.05, 0) is 6.42 Å². The first-order valence-corrected chi connectivity index (χ1v) is 3.94. The van der Waals surface area contributed by atoms with Crippen molar-refractivity contribution in [2.45, 2.75) is 13.3 Å². The van der Waals surface area contributed by atoms with E-state index >= 15 is 0 Å². The average molecular weight is 157 g/mol. The smallest absolute Gasteiger partial charge is 0.278 e. The lowest BCUT2D eigenvalue weighted by atomic mass is 10.4. The maximum absolute atomic E-state index is 5.12. The van der Waals surface area contributed by atoms with Crippen molar-refractivity contribution in [2.24, 2.45) is 0 Å². The van der Waals surface area contributed by atoms with Crippen LogP contribution in [-0.4, -0.2) is 23.2 Å². The molecule has 0 amide bonds. The highest BCUT2D eigenvalue weighted by molar-refractivity contribution is 7.79. The molecule has 0 radical (unpaired) electrons. The van der Waals surface area contributed by atoms with Crippen molar-refractivity contribution in [1.82, 2.24) is 5.32 Å². The maximum Gasteiger partial charge on any atom is 0.278 e. The molecule has 0 fully saturated rings. The zero-order valence-corrected chi connectivity index (χ0v) is 7.24. The molecule has 0 aromatic heterocycles. The predicted molar refractivity (Wildman–Crippen MR) is 46.2 cm³/mol. The van der Waals surface area contributed by atoms with Gasteiger partial charge < -0.3 is 5.32 Å². The molecule has 1 aliphatic rings. The third-order valence-electron chi connectivity index (χ3n) is 1.76. The van der Waals surface area contributed by atoms with Crippen LogP contribution in [0.15, 0.2) is 12.4 Å². The molecule has 0 aromatic carbocycles. The first kappa shape index (κ1) is 7.69. The summed E-state index contributed by atoms with van der Waals surface area (Å²) in [5.74, 6) is 0. The molecular weight excluding hydrogens is 144 g/mol. The molecule has 1 heterocycles. The van der Waals surface area contributed by atoms with Crippen LogP contribution in [0.5, 0.6) is 0 Å². The van der Waals surface area contributed by atoms with E-state index < -0.39 is 0 Å². The van der Waals surface area contributed by atoms with E-state index in [0.29, 0.717) is 0 Å². The molecule has 0 spiro atoms. The van der Waals surface area contributed by atoms with E-state index in [9.17, 15) is 0 Å². The fourth-order valence-corrected chi connectivity index (χ4v) is 1.35. The van der Waals surface area contributed by atoms with Crippen molar-refractivity contribution in [3.05, 3.63) is 12.4 Å². The lowest BCUT2D eigenvalue weighted by Gasteiger charge is -2.23. The molecule has 2 nitrogen and oxygen atoms in total. The fourth-order valence-electron chi connectivity index (χ4n) is 1.13. The Kier molecular flexibility index (Phi) is 2.06. The van der Waals surface area contributed by atoms with Gasteiger partial charge in [0.1, 0.15) is 6.20 Å². The molecule has 1 unspecified atom stereocenters. The van der Waals surface area contributed by atoms with Crippen LogP contribution < -0.4 is 5.32 Å². The standard InChI is InChI=1S/C7H12N2S/c1-3-5-9(2)6-4-8-7(9)10/h4,6H,3,5H2,1-2H3/p+1. The van der Waals surface area contributed by atoms with Crippen LogP contribution in [0.2, 0.25) is 0 Å². The van der Waals surface area contributed by atoms with E-state index in [2.05, 4.69) is 25.5 Å². The van der Waals surface area contributed by atoms with Crippen LogP contribution in [0.4, 0.5) is 0 Å². The second-order valence-electron chi connectivity index (χ2n) is 2.76. The minimum Gasteiger partial charge on any atom is -0.302 e. The van der Waals surface area contributed by atoms with Gasteiger partial charge in [-0.15, -0.1) is 0 Å². The molecular formula is C7H13N2S+. The van der Waals surface area contributed by atoms with Crippen LogP contribution in [-0.2, 0) is 0 Å². The van der Waals surface area contributed by atoms with Crippen molar-refractivity contribution in [3.63, 3.8) is 0 Å². The third-order valence-corrected chi connectivity index (χ3v) is 2.30. The SMILES string of the molecule is CCC[N+]1(C)C=CNC1=S. The lowest BCUT2D eigenvalue weighted by Crippen LogP contribution is -2.44. The van der Waals surface area contributed by atoms with Gasteiger partial charge in [0, 0.05) is 12.2 Å². The summed E-state index contributed by atoms with van der Waals surface area (Å²) < 4.78 is 0.770. The van der Waals surface area contributed by atoms with Crippen LogP contribution in [0.3, 0.4) is 0 Å². The highest BCUT2D eigenvalue weighted by atomic mass is 32.1. The van der Waals surface area contributed by atoms with Crippen molar-refractivity contribution >= 4 is 17.3 Å². The lowest BCUT2D eigenvalue weighted by molar-refractivity contribution is -0.761. The van der Waals surface area contributed by atoms with E-state index in [4.69, 9.17) is 12.2 Å². The number of quaternary nitrogens is 1. The number of hydrogen-bond donors (Lipinski definition) is 1. The molecule has 1 aliphatic heterocycles. The zero-order valence-electron chi connectivity index (χ0n) is 6.42. The van der Waals surface area contributed by atoms with Gasteiger partial charge in [-0.25, -0.2) is 4.48 Å². The average Bonchev–Trinajstić information content (AvgIpc) is 2.15. The summed E-state index contributed by atoms with van der Waals surface area (Å²) in [5.41, 5.74) is 0. The van der Waals surface area contributed by atoms with Crippen LogP contribution in [0.25, 0.3) is 0 Å². The molecule has 0 saturated heterocycles. The monoisotopic (exact) mass is 157 g/mol. The van der Waals surface area contributed by atoms with Gasteiger partial charge >= 0.3 is 0 Å². The summed E-state index contributed by atoms with van der Waals surface area (Å²) in [6.45, 7) is 3.25. The molecule has 10 heavy (non-hydrogen) atoms. The van der Waals surface area contributed by atoms with Crippen LogP contribution in [0, 0.1) is 0 Å². The summed E-state index contributed by atoms with van der Waals surface area (Å²) in [4.78, 5) is 0. The molecule has 0 aliphatic carbocycles. The van der Waals surface area contributed by atoms with E-state index in [1.165, 1.54) is 0 Å². The summed E-state index contributed by atoms with van der Waals surface area (Å²) >= 11 is 5.12. The van der Waals surface area contributed by atoms with Gasteiger partial charge in [-0.1, -0.05) is 6.92 Å². The molecule has 1 rings (SSSR count). The molecule has 1 atom stereocenters. The summed E-state index contributed by atoms with van der Waals surface area (Å²) in [7, 11) is 2.11. The predicted octanol–water partition coefficient (Wildman–Crippen LogP) is 1.20. The van der Waals surface area contributed by atoms with Crippen molar-refractivity contribution in [3.8, 4) is 0 Å². The Morgan fingerprint density at radius 1 is 1.70 bits per heavy atom. The number of rotatable bonds is 2. The van der Waals surface area contributed by atoms with Crippen LogP contribution >= 0.6 is 12.2 Å². The Bertz CT molecular complexity index is 176. The number of nitrogens with zero attached hydrogens (tertiary/aromatic N) is 1. The molecule has 0 bridgehead atoms. The Labute approximate surface area is 67.1 Å². The Morgan fingerprint density at radius 3 is 2.80 bits per heavy atom. The van der Waals surface area contributed by atoms with Gasteiger partial charge in [0.15, 0.2) is 0 Å². The van der Waals surface area contributed by atoms with Gasteiger partial charge in [-0.2, -0.15) is 0 Å². The quantitative estimate of drug-likeness (QED) is 0.477. The van der Waals surface area contributed by atoms with E-state index in [0.717, 1.165) is 22.6 Å². The Morgan fingerprint density at radius 2 is 2.40 bits per heavy atom. The van der Waals surface area contributed by atoms with Gasteiger partial charge in [0.25, 0.3) is 5.11 Å². The van der Waals surface area contributed by atoms with Gasteiger partial charge in [0.05, 0.1) is 19.8 Å². The van der Waals surface area contributed by atoms with E-state index in [1.807, 2.05) is 6.20 Å². The molecule has 56 valence electrons. The van der Waals surface area contributed by atoms with E-state index in [-0.39, 0.29) is 0 Å². The summed E-state index contributed by atoms with van der Waals surface area (Å²) in [6, 6.07) is 0. The molecule has 3 heteroatoms. The minimum atomic E-state index is 0.770. The van der Waals surface area contributed by atoms with Crippen molar-refractivity contribution < 1.29 is 4.48 Å². The Hall–Kier alpha value is -0.410. The minimum absolute atomic E-state index is 0.770. The van der Waals surface area contributed by atoms with Crippen LogP contribution in [0.1, 0.15) is 13.3 Å². The summed E-state index contributed by atoms with van der Waals surface area (Å²) in [6.07, 6.45) is 5.16. The number of nitrogens with one attached hydrogen (secondary N) is 1. The topological polar surface area (TPSA) is 12.0 Å². The van der Waals surface area contributed by atoms with Crippen molar-refractivity contribution in [1.29, 1.82) is 0 Å².